The Kier molecular flexibility index (Phi) is 3.92. The van der Waals surface area contributed by atoms with E-state index in [2.05, 4.69) is 20.4 Å². The molecule has 3 rings (SSSR count). The van der Waals surface area contributed by atoms with E-state index in [4.69, 9.17) is 4.52 Å². The minimum absolute atomic E-state index is 0.169. The third kappa shape index (κ3) is 3.12. The Morgan fingerprint density at radius 1 is 1.57 bits per heavy atom. The van der Waals surface area contributed by atoms with Crippen LogP contribution in [-0.2, 0) is 11.3 Å². The van der Waals surface area contributed by atoms with Gasteiger partial charge in [0.1, 0.15) is 6.04 Å². The molecule has 23 heavy (non-hydrogen) atoms. The molecule has 0 radical (unpaired) electrons. The van der Waals surface area contributed by atoms with E-state index in [1.807, 2.05) is 6.07 Å². The molecule has 3 amide bonds. The van der Waals surface area contributed by atoms with Crippen LogP contribution in [0.25, 0.3) is 11.4 Å². The van der Waals surface area contributed by atoms with Gasteiger partial charge in [-0.25, -0.2) is 4.79 Å². The van der Waals surface area contributed by atoms with E-state index in [0.29, 0.717) is 18.3 Å². The highest BCUT2D eigenvalue weighted by molar-refractivity contribution is 5.90. The number of likely N-dealkylation sites (N-methyl/N-ethyl adjacent to an activating group) is 2. The van der Waals surface area contributed by atoms with E-state index in [1.165, 1.54) is 9.80 Å². The van der Waals surface area contributed by atoms with E-state index in [0.717, 1.165) is 5.56 Å². The summed E-state index contributed by atoms with van der Waals surface area (Å²) in [6, 6.07) is 2.78. The van der Waals surface area contributed by atoms with E-state index in [9.17, 15) is 9.59 Å². The third-order valence-corrected chi connectivity index (χ3v) is 3.54. The standard InChI is InChI=1S/C14H16N6O3/c1-19(13(21)10-7-20(2)14(22)16-10)8-11-17-12(18-23-11)9-4-3-5-15-6-9/h3-6,10H,7-8H2,1-2H3,(H,16,22). The fraction of sp³-hybridized carbons (Fsp3) is 0.357. The Hall–Kier alpha value is -2.97. The Bertz CT molecular complexity index is 716. The average Bonchev–Trinajstić information content (AvgIpc) is 3.15. The van der Waals surface area contributed by atoms with Gasteiger partial charge in [0.2, 0.25) is 17.6 Å². The van der Waals surface area contributed by atoms with Gasteiger partial charge in [-0.15, -0.1) is 0 Å². The number of aromatic nitrogens is 3. The molecule has 0 aliphatic carbocycles. The van der Waals surface area contributed by atoms with Gasteiger partial charge in [0.15, 0.2) is 0 Å². The second-order valence-corrected chi connectivity index (χ2v) is 5.33. The van der Waals surface area contributed by atoms with Crippen LogP contribution < -0.4 is 5.32 Å². The van der Waals surface area contributed by atoms with Crippen LogP contribution in [0, 0.1) is 0 Å². The number of nitrogens with zero attached hydrogens (tertiary/aromatic N) is 5. The summed E-state index contributed by atoms with van der Waals surface area (Å²) < 4.78 is 5.16. The maximum atomic E-state index is 12.3. The van der Waals surface area contributed by atoms with Crippen molar-refractivity contribution in [3.05, 3.63) is 30.4 Å². The second kappa shape index (κ2) is 6.03. The topological polar surface area (TPSA) is 104 Å². The Morgan fingerprint density at radius 2 is 2.39 bits per heavy atom. The van der Waals surface area contributed by atoms with E-state index < -0.39 is 6.04 Å². The molecule has 1 saturated heterocycles. The highest BCUT2D eigenvalue weighted by Crippen LogP contribution is 2.14. The summed E-state index contributed by atoms with van der Waals surface area (Å²) in [5.41, 5.74) is 0.737. The lowest BCUT2D eigenvalue weighted by molar-refractivity contribution is -0.132. The fourth-order valence-electron chi connectivity index (χ4n) is 2.28. The second-order valence-electron chi connectivity index (χ2n) is 5.33. The van der Waals surface area contributed by atoms with Crippen molar-refractivity contribution in [3.63, 3.8) is 0 Å². The molecule has 9 heteroatoms. The van der Waals surface area contributed by atoms with Crippen LogP contribution in [0.3, 0.4) is 0 Å². The van der Waals surface area contributed by atoms with Gasteiger partial charge in [-0.2, -0.15) is 4.98 Å². The van der Waals surface area contributed by atoms with Crippen LogP contribution in [0.5, 0.6) is 0 Å². The maximum absolute atomic E-state index is 12.3. The predicted octanol–water partition coefficient (Wildman–Crippen LogP) is 0.114. The lowest BCUT2D eigenvalue weighted by Crippen LogP contribution is -2.43. The molecule has 0 saturated carbocycles. The smallest absolute Gasteiger partial charge is 0.317 e. The van der Waals surface area contributed by atoms with Crippen LogP contribution in [0.1, 0.15) is 5.89 Å². The monoisotopic (exact) mass is 316 g/mol. The first-order chi connectivity index (χ1) is 11.0. The lowest BCUT2D eigenvalue weighted by atomic mass is 10.2. The summed E-state index contributed by atoms with van der Waals surface area (Å²) in [7, 11) is 3.27. The number of hydrogen-bond acceptors (Lipinski definition) is 6. The highest BCUT2D eigenvalue weighted by Gasteiger charge is 2.33. The van der Waals surface area contributed by atoms with Crippen molar-refractivity contribution in [2.24, 2.45) is 0 Å². The zero-order valence-electron chi connectivity index (χ0n) is 12.8. The molecule has 2 aromatic heterocycles. The molecule has 1 aliphatic rings. The number of urea groups is 1. The van der Waals surface area contributed by atoms with Crippen LogP contribution in [0.2, 0.25) is 0 Å². The van der Waals surface area contributed by atoms with Crippen LogP contribution in [0.4, 0.5) is 4.79 Å². The van der Waals surface area contributed by atoms with Gasteiger partial charge in [0.25, 0.3) is 0 Å². The molecule has 1 aliphatic heterocycles. The molecular formula is C14H16N6O3. The first-order valence-corrected chi connectivity index (χ1v) is 7.04. The van der Waals surface area contributed by atoms with Gasteiger partial charge in [-0.3, -0.25) is 9.78 Å². The van der Waals surface area contributed by atoms with Gasteiger partial charge < -0.3 is 19.6 Å². The normalized spacial score (nSPS) is 17.2. The van der Waals surface area contributed by atoms with Crippen LogP contribution >= 0.6 is 0 Å². The van der Waals surface area contributed by atoms with Crippen LogP contribution in [0.15, 0.2) is 29.0 Å². The summed E-state index contributed by atoms with van der Waals surface area (Å²) in [5.74, 6) is 0.532. The minimum Gasteiger partial charge on any atom is -0.337 e. The number of pyridine rings is 1. The van der Waals surface area contributed by atoms with Gasteiger partial charge in [-0.05, 0) is 12.1 Å². The van der Waals surface area contributed by atoms with Gasteiger partial charge in [0, 0.05) is 32.1 Å². The fourth-order valence-corrected chi connectivity index (χ4v) is 2.28. The van der Waals surface area contributed by atoms with Gasteiger partial charge in [0.05, 0.1) is 13.1 Å². The molecule has 0 bridgehead atoms. The highest BCUT2D eigenvalue weighted by atomic mass is 16.5. The van der Waals surface area contributed by atoms with Gasteiger partial charge in [-0.1, -0.05) is 5.16 Å². The summed E-state index contributed by atoms with van der Waals surface area (Å²) in [5, 5.41) is 6.50. The van der Waals surface area contributed by atoms with Crippen molar-refractivity contribution in [1.82, 2.24) is 30.2 Å². The number of nitrogens with one attached hydrogen (secondary N) is 1. The molecule has 120 valence electrons. The zero-order chi connectivity index (χ0) is 16.4. The summed E-state index contributed by atoms with van der Waals surface area (Å²) in [6.07, 6.45) is 3.29. The van der Waals surface area contributed by atoms with Gasteiger partial charge >= 0.3 is 6.03 Å². The molecular weight excluding hydrogens is 300 g/mol. The Balaban J connectivity index is 1.64. The number of carbonyl (C=O) groups excluding carboxylic acids is 2. The summed E-state index contributed by atoms with van der Waals surface area (Å²) >= 11 is 0. The summed E-state index contributed by atoms with van der Waals surface area (Å²) in [4.78, 5) is 34.9. The quantitative estimate of drug-likeness (QED) is 0.858. The van der Waals surface area contributed by atoms with Crippen molar-refractivity contribution in [3.8, 4) is 11.4 Å². The molecule has 1 atom stereocenters. The first kappa shape index (κ1) is 14.9. The molecule has 9 nitrogen and oxygen atoms in total. The van der Waals surface area contributed by atoms with Crippen molar-refractivity contribution < 1.29 is 14.1 Å². The van der Waals surface area contributed by atoms with Crippen LogP contribution in [-0.4, -0.2) is 63.5 Å². The molecule has 3 heterocycles. The first-order valence-electron chi connectivity index (χ1n) is 7.04. The molecule has 0 aromatic carbocycles. The number of hydrogen-bond donors (Lipinski definition) is 1. The zero-order valence-corrected chi connectivity index (χ0v) is 12.8. The minimum atomic E-state index is -0.557. The molecule has 0 spiro atoms. The molecule has 1 unspecified atom stereocenters. The van der Waals surface area contributed by atoms with E-state index >= 15 is 0 Å². The largest absolute Gasteiger partial charge is 0.337 e. The van der Waals surface area contributed by atoms with E-state index in [1.54, 1.807) is 32.6 Å². The number of amides is 3. The van der Waals surface area contributed by atoms with E-state index in [-0.39, 0.29) is 18.5 Å². The molecule has 2 aromatic rings. The SMILES string of the molecule is CN1CC(C(=O)N(C)Cc2nc(-c3cccnc3)no2)NC1=O. The van der Waals surface area contributed by atoms with Crippen molar-refractivity contribution in [2.45, 2.75) is 12.6 Å². The van der Waals surface area contributed by atoms with Crippen molar-refractivity contribution >= 4 is 11.9 Å². The molecule has 1 N–H and O–H groups in total. The Morgan fingerprint density at radius 3 is 3.04 bits per heavy atom. The number of rotatable bonds is 4. The predicted molar refractivity (Wildman–Crippen MR) is 79.0 cm³/mol. The maximum Gasteiger partial charge on any atom is 0.317 e. The third-order valence-electron chi connectivity index (χ3n) is 3.54. The summed E-state index contributed by atoms with van der Waals surface area (Å²) in [6.45, 7) is 0.509. The van der Waals surface area contributed by atoms with Crippen molar-refractivity contribution in [1.29, 1.82) is 0 Å². The molecule has 1 fully saturated rings. The lowest BCUT2D eigenvalue weighted by Gasteiger charge is -2.18. The average molecular weight is 316 g/mol. The Labute approximate surface area is 132 Å². The number of carbonyl (C=O) groups is 2. The van der Waals surface area contributed by atoms with Crippen molar-refractivity contribution in [2.75, 3.05) is 20.6 Å².